The minimum absolute atomic E-state index is 0.0330. The lowest BCUT2D eigenvalue weighted by Gasteiger charge is -2.30. The molecule has 196 valence electrons. The number of rotatable bonds is 7. The molecule has 2 aliphatic rings. The number of aromatic nitrogens is 4. The molecule has 0 aliphatic heterocycles. The van der Waals surface area contributed by atoms with Crippen molar-refractivity contribution in [1.29, 1.82) is 5.26 Å². The molecule has 4 aromatic rings. The van der Waals surface area contributed by atoms with Crippen LogP contribution in [0.5, 0.6) is 0 Å². The smallest absolute Gasteiger partial charge is 0.255 e. The first kappa shape index (κ1) is 24.6. The molecule has 10 nitrogen and oxygen atoms in total. The molecule has 0 bridgehead atoms. The fourth-order valence-corrected chi connectivity index (χ4v) is 5.04. The molecule has 39 heavy (non-hydrogen) atoms. The first-order valence-corrected chi connectivity index (χ1v) is 13.2. The van der Waals surface area contributed by atoms with Crippen molar-refractivity contribution >= 4 is 28.7 Å². The Labute approximate surface area is 225 Å². The van der Waals surface area contributed by atoms with E-state index in [0.29, 0.717) is 22.5 Å². The number of nitrogens with one attached hydrogen (secondary N) is 3. The van der Waals surface area contributed by atoms with E-state index < -0.39 is 0 Å². The standard InChI is InChI=1S/C29H28N8O2/c30-14-18-12-23-9-10-27(37(23)33-15-18)26-13-25(34-22-2-1-11-31-16-22)24(17-32-26)29(39)36-21-7-5-20(6-8-21)35-28(38)19-3-4-19/h1-2,9-13,15-17,19-21H,3-8H2,(H,32,34)(H,35,38)(H,36,39)/t20-,21-. The summed E-state index contributed by atoms with van der Waals surface area (Å²) in [6, 6.07) is 13.4. The second-order valence-corrected chi connectivity index (χ2v) is 10.2. The number of amides is 2. The van der Waals surface area contributed by atoms with Crippen LogP contribution < -0.4 is 16.0 Å². The van der Waals surface area contributed by atoms with E-state index in [4.69, 9.17) is 0 Å². The minimum Gasteiger partial charge on any atom is -0.354 e. The second-order valence-electron chi connectivity index (χ2n) is 10.2. The topological polar surface area (TPSA) is 137 Å². The van der Waals surface area contributed by atoms with Gasteiger partial charge in [-0.1, -0.05) is 0 Å². The van der Waals surface area contributed by atoms with E-state index in [0.717, 1.165) is 55.4 Å². The van der Waals surface area contributed by atoms with Crippen molar-refractivity contribution in [1.82, 2.24) is 30.2 Å². The van der Waals surface area contributed by atoms with Crippen molar-refractivity contribution < 1.29 is 9.59 Å². The Hall–Kier alpha value is -4.78. The lowest BCUT2D eigenvalue weighted by Crippen LogP contribution is -2.44. The number of hydrogen-bond acceptors (Lipinski definition) is 7. The fraction of sp³-hybridized carbons (Fsp3) is 0.310. The number of anilines is 2. The molecule has 4 aromatic heterocycles. The van der Waals surface area contributed by atoms with E-state index in [9.17, 15) is 14.9 Å². The zero-order chi connectivity index (χ0) is 26.8. The summed E-state index contributed by atoms with van der Waals surface area (Å²) < 4.78 is 1.72. The Kier molecular flexibility index (Phi) is 6.63. The summed E-state index contributed by atoms with van der Waals surface area (Å²) in [6.07, 6.45) is 11.8. The van der Waals surface area contributed by atoms with Gasteiger partial charge in [0.05, 0.1) is 51.8 Å². The number of pyridine rings is 2. The summed E-state index contributed by atoms with van der Waals surface area (Å²) in [7, 11) is 0. The Morgan fingerprint density at radius 2 is 1.74 bits per heavy atom. The molecule has 0 spiro atoms. The van der Waals surface area contributed by atoms with Crippen LogP contribution in [0.1, 0.15) is 54.4 Å². The monoisotopic (exact) mass is 520 g/mol. The first-order valence-electron chi connectivity index (χ1n) is 13.2. The van der Waals surface area contributed by atoms with Crippen LogP contribution in [0, 0.1) is 17.2 Å². The Bertz CT molecular complexity index is 1560. The van der Waals surface area contributed by atoms with Gasteiger partial charge in [0, 0.05) is 30.4 Å². The van der Waals surface area contributed by atoms with Crippen LogP contribution in [0.4, 0.5) is 11.4 Å². The largest absolute Gasteiger partial charge is 0.354 e. The third kappa shape index (κ3) is 5.43. The highest BCUT2D eigenvalue weighted by Gasteiger charge is 2.32. The van der Waals surface area contributed by atoms with Crippen LogP contribution in [0.15, 0.2) is 61.2 Å². The summed E-state index contributed by atoms with van der Waals surface area (Å²) in [6.45, 7) is 0. The highest BCUT2D eigenvalue weighted by Crippen LogP contribution is 2.30. The van der Waals surface area contributed by atoms with Crippen molar-refractivity contribution in [2.24, 2.45) is 5.92 Å². The van der Waals surface area contributed by atoms with Crippen molar-refractivity contribution in [3.8, 4) is 17.5 Å². The molecular formula is C29H28N8O2. The summed E-state index contributed by atoms with van der Waals surface area (Å²) in [5.41, 5.74) is 4.38. The van der Waals surface area contributed by atoms with Crippen LogP contribution >= 0.6 is 0 Å². The molecule has 0 unspecified atom stereocenters. The van der Waals surface area contributed by atoms with Crippen LogP contribution in [0.2, 0.25) is 0 Å². The van der Waals surface area contributed by atoms with Gasteiger partial charge in [0.2, 0.25) is 5.91 Å². The van der Waals surface area contributed by atoms with E-state index in [1.807, 2.05) is 30.3 Å². The molecule has 0 aromatic carbocycles. The van der Waals surface area contributed by atoms with Crippen LogP contribution in [0.25, 0.3) is 16.9 Å². The quantitative estimate of drug-likeness (QED) is 0.335. The molecule has 2 amide bonds. The lowest BCUT2D eigenvalue weighted by molar-refractivity contribution is -0.123. The molecule has 0 saturated heterocycles. The van der Waals surface area contributed by atoms with Crippen molar-refractivity contribution in [2.75, 3.05) is 5.32 Å². The van der Waals surface area contributed by atoms with Crippen LogP contribution in [0.3, 0.4) is 0 Å². The Morgan fingerprint density at radius 3 is 2.46 bits per heavy atom. The predicted octanol–water partition coefficient (Wildman–Crippen LogP) is 3.97. The SMILES string of the molecule is N#Cc1cnn2c(-c3cc(Nc4cccnc4)c(C(=O)N[C@H]4CC[C@H](NC(=O)C5CC5)CC4)cn3)ccc2c1. The van der Waals surface area contributed by atoms with Gasteiger partial charge in [0.25, 0.3) is 5.91 Å². The van der Waals surface area contributed by atoms with Crippen LogP contribution in [-0.4, -0.2) is 43.5 Å². The zero-order valence-electron chi connectivity index (χ0n) is 21.3. The summed E-state index contributed by atoms with van der Waals surface area (Å²) in [5, 5.41) is 23.2. The van der Waals surface area contributed by atoms with E-state index in [2.05, 4.69) is 37.1 Å². The van der Waals surface area contributed by atoms with Gasteiger partial charge < -0.3 is 16.0 Å². The number of hydrogen-bond donors (Lipinski definition) is 3. The molecule has 2 fully saturated rings. The molecule has 0 radical (unpaired) electrons. The highest BCUT2D eigenvalue weighted by atomic mass is 16.2. The average molecular weight is 521 g/mol. The Balaban J connectivity index is 1.22. The summed E-state index contributed by atoms with van der Waals surface area (Å²) >= 11 is 0. The number of carbonyl (C=O) groups excluding carboxylic acids is 2. The van der Waals surface area contributed by atoms with Gasteiger partial charge in [-0.05, 0) is 74.9 Å². The molecule has 6 rings (SSSR count). The molecule has 0 atom stereocenters. The third-order valence-electron chi connectivity index (χ3n) is 7.34. The first-order chi connectivity index (χ1) is 19.1. The van der Waals surface area contributed by atoms with E-state index in [1.165, 1.54) is 6.20 Å². The fourth-order valence-electron chi connectivity index (χ4n) is 5.04. The summed E-state index contributed by atoms with van der Waals surface area (Å²) in [4.78, 5) is 34.3. The van der Waals surface area contributed by atoms with Gasteiger partial charge in [-0.3, -0.25) is 19.6 Å². The normalized spacial score (nSPS) is 18.7. The van der Waals surface area contributed by atoms with Gasteiger partial charge in [-0.2, -0.15) is 10.4 Å². The predicted molar refractivity (Wildman–Crippen MR) is 145 cm³/mol. The van der Waals surface area contributed by atoms with Gasteiger partial charge in [0.15, 0.2) is 0 Å². The van der Waals surface area contributed by atoms with Crippen LogP contribution in [-0.2, 0) is 4.79 Å². The molecule has 4 heterocycles. The molecular weight excluding hydrogens is 492 g/mol. The van der Waals surface area contributed by atoms with Gasteiger partial charge in [-0.15, -0.1) is 0 Å². The third-order valence-corrected chi connectivity index (χ3v) is 7.34. The maximum atomic E-state index is 13.4. The maximum absolute atomic E-state index is 13.4. The average Bonchev–Trinajstić information content (AvgIpc) is 3.74. The van der Waals surface area contributed by atoms with Crippen molar-refractivity contribution in [2.45, 2.75) is 50.6 Å². The van der Waals surface area contributed by atoms with Crippen molar-refractivity contribution in [3.05, 3.63) is 72.3 Å². The zero-order valence-corrected chi connectivity index (χ0v) is 21.3. The second kappa shape index (κ2) is 10.5. The molecule has 2 aliphatic carbocycles. The number of fused-ring (bicyclic) bond motifs is 1. The maximum Gasteiger partial charge on any atom is 0.255 e. The van der Waals surface area contributed by atoms with Gasteiger partial charge in [0.1, 0.15) is 6.07 Å². The molecule has 10 heteroatoms. The Morgan fingerprint density at radius 1 is 0.949 bits per heavy atom. The van der Waals surface area contributed by atoms with Crippen molar-refractivity contribution in [3.63, 3.8) is 0 Å². The molecule has 2 saturated carbocycles. The van der Waals surface area contributed by atoms with Gasteiger partial charge >= 0.3 is 0 Å². The number of nitrogens with zero attached hydrogens (tertiary/aromatic N) is 5. The number of carbonyl (C=O) groups is 2. The summed E-state index contributed by atoms with van der Waals surface area (Å²) in [5.74, 6) is 0.179. The lowest BCUT2D eigenvalue weighted by atomic mass is 9.90. The minimum atomic E-state index is -0.206. The van der Waals surface area contributed by atoms with E-state index in [-0.39, 0.29) is 29.8 Å². The highest BCUT2D eigenvalue weighted by molar-refractivity contribution is 6.00. The number of nitriles is 1. The molecule has 3 N–H and O–H groups in total. The van der Waals surface area contributed by atoms with E-state index in [1.54, 1.807) is 29.2 Å². The van der Waals surface area contributed by atoms with Gasteiger partial charge in [-0.25, -0.2) is 4.52 Å². The van der Waals surface area contributed by atoms with E-state index >= 15 is 0 Å².